The molecule has 4 aliphatic heterocycles. The van der Waals surface area contributed by atoms with Crippen LogP contribution in [0, 0.1) is 0 Å². The summed E-state index contributed by atoms with van der Waals surface area (Å²) in [5.74, 6) is 0.262. The van der Waals surface area contributed by atoms with Crippen molar-refractivity contribution in [2.75, 3.05) is 43.1 Å². The third kappa shape index (κ3) is 21.5. The van der Waals surface area contributed by atoms with E-state index in [0.29, 0.717) is 71.3 Å². The lowest BCUT2D eigenvalue weighted by atomic mass is 9.95. The number of nitrogens with zero attached hydrogens (tertiary/aromatic N) is 7. The van der Waals surface area contributed by atoms with Crippen molar-refractivity contribution in [1.29, 1.82) is 0 Å². The molecule has 2 aliphatic carbocycles. The Morgan fingerprint density at radius 3 is 1.36 bits per heavy atom. The van der Waals surface area contributed by atoms with Gasteiger partial charge in [-0.05, 0) is 202 Å². The number of fused-ring (bicyclic) bond motifs is 6. The van der Waals surface area contributed by atoms with Crippen molar-refractivity contribution in [2.45, 2.75) is 185 Å². The van der Waals surface area contributed by atoms with Crippen molar-refractivity contribution in [1.82, 2.24) is 25.2 Å². The number of rotatable bonds is 39. The molecule has 2 N–H and O–H groups in total. The van der Waals surface area contributed by atoms with E-state index in [4.69, 9.17) is 29.3 Å². The van der Waals surface area contributed by atoms with Crippen molar-refractivity contribution in [3.05, 3.63) is 335 Å². The number of unbranched alkanes of at least 4 members (excludes halogenated alkanes) is 14. The molecule has 3 aromatic heterocycles. The second-order valence-corrected chi connectivity index (χ2v) is 38.8. The Kier molecular flexibility index (Phi) is 29.8. The smallest absolute Gasteiger partial charge is 0.269 e. The second kappa shape index (κ2) is 42.9. The van der Waals surface area contributed by atoms with Crippen LogP contribution >= 0.6 is 59.3 Å². The predicted molar refractivity (Wildman–Crippen MR) is 531 cm³/mol. The Bertz CT molecular complexity index is 5920. The van der Waals surface area contributed by atoms with Crippen LogP contribution in [0.25, 0.3) is 51.5 Å². The molecular weight excluding hydrogens is 1660 g/mol. The SMILES string of the molecule is CN1C(=O)/C(=c2\s/c(=C/c3ccc4c(c3)C3CCCC3N4c3ccc(C=C(c4ccccc4)c4ccccc4)cc3)c(=O)n2CC(=O)NCCCCCCCCCC[n+]2ccc(-c3cc[n+](CCCCCCCCCCNOCCN4C(=O)/C(=C\c5ccc6c(c5)C5CCCC5N6c5ccc(C=C(c6ccccc6)c6ccccc6)cc5)SC4=S)cc3)cc2)SC1=S. The van der Waals surface area contributed by atoms with Gasteiger partial charge in [-0.1, -0.05) is 283 Å². The van der Waals surface area contributed by atoms with Crippen molar-refractivity contribution >= 4 is 149 Å². The molecule has 4 fully saturated rings. The summed E-state index contributed by atoms with van der Waals surface area (Å²) in [5.41, 5.74) is 24.2. The number of pyridine rings is 2. The number of aryl methyl sites for hydroxylation is 2. The van der Waals surface area contributed by atoms with Gasteiger partial charge in [0.25, 0.3) is 17.4 Å². The second-order valence-electron chi connectivity index (χ2n) is 34.4. The average molecular weight is 1780 g/mol. The molecule has 11 aromatic rings. The summed E-state index contributed by atoms with van der Waals surface area (Å²) in [7, 11) is 1.65. The first kappa shape index (κ1) is 88.3. The third-order valence-electron chi connectivity index (χ3n) is 25.9. The Balaban J connectivity index is 0.381. The molecule has 19 heteroatoms. The van der Waals surface area contributed by atoms with Crippen molar-refractivity contribution in [3.8, 4) is 11.1 Å². The summed E-state index contributed by atoms with van der Waals surface area (Å²) in [6.07, 6.45) is 42.7. The normalized spacial score (nSPS) is 17.8. The van der Waals surface area contributed by atoms with Gasteiger partial charge < -0.3 is 15.1 Å². The number of nitrogens with one attached hydrogen (secondary N) is 2. The van der Waals surface area contributed by atoms with Crippen LogP contribution in [0.2, 0.25) is 0 Å². The maximum atomic E-state index is 14.5. The number of thiocarbonyl (C=S) groups is 2. The van der Waals surface area contributed by atoms with Gasteiger partial charge in [0, 0.05) is 104 Å². The van der Waals surface area contributed by atoms with Gasteiger partial charge in [0.15, 0.2) is 24.8 Å². The van der Waals surface area contributed by atoms with Crippen LogP contribution in [-0.4, -0.2) is 86.1 Å². The molecule has 648 valence electrons. The van der Waals surface area contributed by atoms with E-state index in [1.165, 1.54) is 199 Å². The summed E-state index contributed by atoms with van der Waals surface area (Å²) in [4.78, 5) is 70.5. The number of carbonyl (C=O) groups excluding carboxylic acids is 3. The number of thiazole rings is 1. The molecule has 4 unspecified atom stereocenters. The van der Waals surface area contributed by atoms with Crippen LogP contribution in [0.1, 0.15) is 209 Å². The highest BCUT2D eigenvalue weighted by Gasteiger charge is 2.44. The zero-order valence-corrected chi connectivity index (χ0v) is 76.7. The van der Waals surface area contributed by atoms with Gasteiger partial charge in [-0.25, -0.2) is 14.6 Å². The molecule has 2 saturated heterocycles. The third-order valence-corrected chi connectivity index (χ3v) is 30.1. The number of anilines is 4. The number of amides is 3. The average Bonchev–Trinajstić information content (AvgIpc) is 1.60. The molecule has 7 heterocycles. The zero-order valence-electron chi connectivity index (χ0n) is 72.6. The Labute approximate surface area is 770 Å². The van der Waals surface area contributed by atoms with Gasteiger partial charge in [0.1, 0.15) is 37.8 Å². The first-order valence-electron chi connectivity index (χ1n) is 45.9. The van der Waals surface area contributed by atoms with Crippen molar-refractivity contribution < 1.29 is 28.4 Å². The molecular formula is C108H113N9O5S5+2. The minimum absolute atomic E-state index is 0.0522. The van der Waals surface area contributed by atoms with Gasteiger partial charge in [-0.3, -0.25) is 38.4 Å². The lowest BCUT2D eigenvalue weighted by Crippen LogP contribution is -2.39. The molecule has 3 amide bonds. The largest absolute Gasteiger partial charge is 0.355 e. The molecule has 2 saturated carbocycles. The summed E-state index contributed by atoms with van der Waals surface area (Å²) in [6.45, 7) is 3.95. The van der Waals surface area contributed by atoms with Gasteiger partial charge in [-0.2, -0.15) is 0 Å². The van der Waals surface area contributed by atoms with Gasteiger partial charge in [0.05, 0.1) is 22.6 Å². The summed E-state index contributed by atoms with van der Waals surface area (Å²) >= 11 is 15.1. The summed E-state index contributed by atoms with van der Waals surface area (Å²) in [6, 6.07) is 83.3. The van der Waals surface area contributed by atoms with E-state index in [0.717, 1.165) is 107 Å². The number of benzene rings is 8. The highest BCUT2D eigenvalue weighted by Crippen LogP contribution is 2.55. The van der Waals surface area contributed by atoms with Crippen LogP contribution in [0.4, 0.5) is 22.7 Å². The van der Waals surface area contributed by atoms with Crippen LogP contribution < -0.4 is 44.5 Å². The monoisotopic (exact) mass is 1780 g/mol. The van der Waals surface area contributed by atoms with Gasteiger partial charge in [-0.15, -0.1) is 11.3 Å². The molecule has 0 bridgehead atoms. The highest BCUT2D eigenvalue weighted by atomic mass is 32.2. The van der Waals surface area contributed by atoms with Crippen LogP contribution in [0.3, 0.4) is 0 Å². The molecule has 127 heavy (non-hydrogen) atoms. The van der Waals surface area contributed by atoms with E-state index in [1.807, 2.05) is 12.2 Å². The van der Waals surface area contributed by atoms with E-state index in [2.05, 4.69) is 297 Å². The molecule has 14 nitrogen and oxygen atoms in total. The van der Waals surface area contributed by atoms with Crippen LogP contribution in [0.5, 0.6) is 0 Å². The van der Waals surface area contributed by atoms with Crippen molar-refractivity contribution in [2.24, 2.45) is 0 Å². The maximum absolute atomic E-state index is 14.5. The van der Waals surface area contributed by atoms with E-state index in [9.17, 15) is 19.2 Å². The molecule has 0 spiro atoms. The number of hydroxylamine groups is 1. The molecule has 4 atom stereocenters. The predicted octanol–water partition coefficient (Wildman–Crippen LogP) is 21.8. The fourth-order valence-corrected chi connectivity index (χ4v) is 23.0. The van der Waals surface area contributed by atoms with E-state index in [1.54, 1.807) is 11.9 Å². The summed E-state index contributed by atoms with van der Waals surface area (Å²) in [5, 5.41) is 3.08. The lowest BCUT2D eigenvalue weighted by molar-refractivity contribution is -0.697. The topological polar surface area (TPSA) is 127 Å². The Morgan fingerprint density at radius 2 is 0.906 bits per heavy atom. The molecule has 17 rings (SSSR count). The minimum Gasteiger partial charge on any atom is -0.355 e. The first-order chi connectivity index (χ1) is 62.4. The number of carbonyl (C=O) groups is 3. The van der Waals surface area contributed by atoms with Crippen LogP contribution in [-0.2, 0) is 38.9 Å². The van der Waals surface area contributed by atoms with Crippen LogP contribution in [0.15, 0.2) is 265 Å². The molecule has 6 aliphatic rings. The lowest BCUT2D eigenvalue weighted by Gasteiger charge is -2.27. The Hall–Kier alpha value is -10.7. The number of hydrogen-bond donors (Lipinski definition) is 2. The quantitative estimate of drug-likeness (QED) is 0.00951. The number of aromatic nitrogens is 3. The molecule has 0 radical (unpaired) electrons. The number of hydrogen-bond acceptors (Lipinski definition) is 13. The fourth-order valence-electron chi connectivity index (χ4n) is 19.3. The summed E-state index contributed by atoms with van der Waals surface area (Å²) < 4.78 is 8.01. The molecule has 8 aromatic carbocycles. The number of thioether (sulfide) groups is 2. The standard InChI is InChI=1S/C108H112N9O5S5/c1-111-105(121)102(127-107(111)123)106-115(104(120)99(125-106)74-79-48-54-97-93(72-79)89-40-30-42-95(89)116(97)87-50-44-77(45-51-87)70-91(83-32-18-14-19-33-83)84-34-20-15-21-35-84)76-101(118)109-60-26-10-6-2-4-8-12-28-62-112-64-56-81(57-65-112)82-58-66-113(67-59-82)63-29-13-9-5-3-7-11-27-61-110-122-69-68-114-103(119)100(126-108(114)124)75-80-49-55-98-94(73-80)90-41-31-43-96(90)117(98)88-52-46-78(47-53-88)71-92(85-36-22-16-23-37-85)86-38-24-17-25-39-86/h14-25,32-39,44-59,64-67,70-75,89-90,95-96,110H,2-13,26-31,40-43,60-63,68-69,76H2,1H3/q+1/p+1/b99-74+,100-75+,106-102+. The Morgan fingerprint density at radius 1 is 0.472 bits per heavy atom. The van der Waals surface area contributed by atoms with E-state index >= 15 is 0 Å². The van der Waals surface area contributed by atoms with Gasteiger partial charge in [0.2, 0.25) is 5.91 Å². The maximum Gasteiger partial charge on any atom is 0.269 e. The highest BCUT2D eigenvalue weighted by molar-refractivity contribution is 8.30. The first-order valence-corrected chi connectivity index (χ1v) is 49.2. The van der Waals surface area contributed by atoms with Gasteiger partial charge >= 0.3 is 0 Å². The van der Waals surface area contributed by atoms with Crippen molar-refractivity contribution in [3.63, 3.8) is 0 Å². The zero-order chi connectivity index (χ0) is 86.8. The van der Waals surface area contributed by atoms with E-state index < -0.39 is 0 Å². The minimum atomic E-state index is -0.290. The fraction of sp³-hybridized carbons (Fsp3) is 0.315. The van der Waals surface area contributed by atoms with E-state index in [-0.39, 0.29) is 29.8 Å².